The lowest BCUT2D eigenvalue weighted by atomic mass is 9.81. The molecule has 8 nitrogen and oxygen atoms in total. The third kappa shape index (κ3) is 3.94. The molecule has 11 heteroatoms. The van der Waals surface area contributed by atoms with Crippen molar-refractivity contribution in [3.63, 3.8) is 0 Å². The minimum atomic E-state index is -5.09. The molecule has 0 radical (unpaired) electrons. The van der Waals surface area contributed by atoms with Crippen LogP contribution in [0.2, 0.25) is 0 Å². The number of carbonyl (C=O) groups is 4. The van der Waals surface area contributed by atoms with Crippen molar-refractivity contribution < 1.29 is 37.1 Å². The van der Waals surface area contributed by atoms with Gasteiger partial charge < -0.3 is 4.74 Å². The summed E-state index contributed by atoms with van der Waals surface area (Å²) in [6, 6.07) is 3.21. The standard InChI is InChI=1S/C21H17F3N2O6/c22-21(23,24)19-12(18(31)17-13(27)2-1-3-14(17)28)8-10-4-6-15(29)26(20(10)25-19)9-11-5-7-16(30)32-11/h4,6,8,11,17H,1-3,5,7,9H2. The second kappa shape index (κ2) is 7.95. The summed E-state index contributed by atoms with van der Waals surface area (Å²) in [4.78, 5) is 64.4. The monoisotopic (exact) mass is 450 g/mol. The molecule has 1 saturated heterocycles. The van der Waals surface area contributed by atoms with Gasteiger partial charge in [0.1, 0.15) is 17.7 Å². The molecule has 0 N–H and O–H groups in total. The third-order valence-corrected chi connectivity index (χ3v) is 5.60. The number of aromatic nitrogens is 2. The lowest BCUT2D eigenvalue weighted by Gasteiger charge is -2.21. The fourth-order valence-electron chi connectivity index (χ4n) is 4.06. The van der Waals surface area contributed by atoms with E-state index < -0.39 is 58.3 Å². The van der Waals surface area contributed by atoms with E-state index in [1.807, 2.05) is 0 Å². The molecule has 32 heavy (non-hydrogen) atoms. The Bertz CT molecular complexity index is 1200. The normalized spacial score (nSPS) is 20.1. The molecular weight excluding hydrogens is 433 g/mol. The number of hydrogen-bond acceptors (Lipinski definition) is 7. The summed E-state index contributed by atoms with van der Waals surface area (Å²) in [5, 5.41) is 0.0426. The van der Waals surface area contributed by atoms with Gasteiger partial charge in [-0.25, -0.2) is 4.98 Å². The molecule has 2 aliphatic rings. The molecular formula is C21H17F3N2O6. The van der Waals surface area contributed by atoms with Crippen molar-refractivity contribution in [2.24, 2.45) is 5.92 Å². The van der Waals surface area contributed by atoms with Crippen molar-refractivity contribution in [2.75, 3.05) is 0 Å². The Hall–Kier alpha value is -3.37. The number of cyclic esters (lactones) is 1. The third-order valence-electron chi connectivity index (χ3n) is 5.60. The Kier molecular flexibility index (Phi) is 5.43. The zero-order valence-electron chi connectivity index (χ0n) is 16.6. The first-order valence-electron chi connectivity index (χ1n) is 9.97. The maximum Gasteiger partial charge on any atom is 0.434 e. The van der Waals surface area contributed by atoms with Crippen LogP contribution in [0.1, 0.15) is 48.2 Å². The predicted molar refractivity (Wildman–Crippen MR) is 102 cm³/mol. The first kappa shape index (κ1) is 21.8. The van der Waals surface area contributed by atoms with Crippen LogP contribution in [0.15, 0.2) is 23.0 Å². The number of pyridine rings is 2. The molecule has 1 aliphatic heterocycles. The van der Waals surface area contributed by atoms with Gasteiger partial charge in [0, 0.05) is 30.7 Å². The molecule has 0 bridgehead atoms. The molecule has 0 spiro atoms. The van der Waals surface area contributed by atoms with Crippen molar-refractivity contribution in [2.45, 2.75) is 50.9 Å². The van der Waals surface area contributed by atoms with Crippen LogP contribution in [0.25, 0.3) is 11.0 Å². The number of rotatable bonds is 4. The molecule has 0 aromatic carbocycles. The number of Topliss-reactive ketones (excluding diaryl/α,β-unsaturated/α-hetero) is 3. The van der Waals surface area contributed by atoms with E-state index >= 15 is 0 Å². The molecule has 3 heterocycles. The number of carbonyl (C=O) groups excluding carboxylic acids is 4. The van der Waals surface area contributed by atoms with Gasteiger partial charge >= 0.3 is 12.1 Å². The topological polar surface area (TPSA) is 112 Å². The molecule has 1 unspecified atom stereocenters. The SMILES string of the molecule is O=C1CCC(Cn2c(=O)ccc3cc(C(=O)C4C(=O)CCCC4=O)c(C(F)(F)F)nc32)O1. The molecule has 1 atom stereocenters. The molecule has 2 aromatic rings. The van der Waals surface area contributed by atoms with Crippen molar-refractivity contribution >= 4 is 34.4 Å². The lowest BCUT2D eigenvalue weighted by molar-refractivity contribution is -0.142. The van der Waals surface area contributed by atoms with Crippen molar-refractivity contribution in [1.82, 2.24) is 9.55 Å². The fraction of sp³-hybridized carbons (Fsp3) is 0.429. The highest BCUT2D eigenvalue weighted by Gasteiger charge is 2.43. The van der Waals surface area contributed by atoms with Gasteiger partial charge in [-0.1, -0.05) is 0 Å². The summed E-state index contributed by atoms with van der Waals surface area (Å²) in [6.45, 7) is -0.195. The van der Waals surface area contributed by atoms with Crippen molar-refractivity contribution in [1.29, 1.82) is 0 Å². The molecule has 168 valence electrons. The summed E-state index contributed by atoms with van der Waals surface area (Å²) in [7, 11) is 0. The van der Waals surface area contributed by atoms with Crippen LogP contribution in [-0.4, -0.2) is 39.0 Å². The average Bonchev–Trinajstić information content (AvgIpc) is 3.13. The van der Waals surface area contributed by atoms with E-state index in [9.17, 15) is 37.1 Å². The maximum absolute atomic E-state index is 13.8. The highest BCUT2D eigenvalue weighted by Crippen LogP contribution is 2.34. The Morgan fingerprint density at radius 2 is 1.78 bits per heavy atom. The highest BCUT2D eigenvalue weighted by molar-refractivity contribution is 6.25. The molecule has 4 rings (SSSR count). The van der Waals surface area contributed by atoms with Crippen molar-refractivity contribution in [3.05, 3.63) is 39.8 Å². The minimum Gasteiger partial charge on any atom is -0.460 e. The molecule has 1 aliphatic carbocycles. The van der Waals surface area contributed by atoms with Gasteiger partial charge in [-0.05, 0) is 25.0 Å². The number of fused-ring (bicyclic) bond motifs is 1. The van der Waals surface area contributed by atoms with E-state index in [0.29, 0.717) is 6.42 Å². The summed E-state index contributed by atoms with van der Waals surface area (Å²) in [5.74, 6) is -4.93. The second-order valence-electron chi connectivity index (χ2n) is 7.81. The van der Waals surface area contributed by atoms with Gasteiger partial charge in [-0.15, -0.1) is 0 Å². The van der Waals surface area contributed by atoms with Crippen LogP contribution in [0.4, 0.5) is 13.2 Å². The van der Waals surface area contributed by atoms with Gasteiger partial charge in [-0.3, -0.25) is 28.5 Å². The minimum absolute atomic E-state index is 0.0426. The smallest absolute Gasteiger partial charge is 0.434 e. The Labute approximate surface area is 178 Å². The predicted octanol–water partition coefficient (Wildman–Crippen LogP) is 2.24. The van der Waals surface area contributed by atoms with Crippen LogP contribution >= 0.6 is 0 Å². The Balaban J connectivity index is 1.86. The first-order valence-corrected chi connectivity index (χ1v) is 9.97. The van der Waals surface area contributed by atoms with E-state index in [-0.39, 0.29) is 43.3 Å². The van der Waals surface area contributed by atoms with E-state index in [4.69, 9.17) is 4.74 Å². The number of ketones is 3. The lowest BCUT2D eigenvalue weighted by Crippen LogP contribution is -2.36. The van der Waals surface area contributed by atoms with Crippen LogP contribution < -0.4 is 5.56 Å². The number of nitrogens with zero attached hydrogens (tertiary/aromatic N) is 2. The average molecular weight is 450 g/mol. The van der Waals surface area contributed by atoms with Gasteiger partial charge in [0.15, 0.2) is 23.0 Å². The van der Waals surface area contributed by atoms with Crippen LogP contribution in [0.5, 0.6) is 0 Å². The summed E-state index contributed by atoms with van der Waals surface area (Å²) >= 11 is 0. The number of halogens is 3. The first-order chi connectivity index (χ1) is 15.1. The molecule has 1 saturated carbocycles. The van der Waals surface area contributed by atoms with E-state index in [1.165, 1.54) is 6.07 Å². The van der Waals surface area contributed by atoms with E-state index in [0.717, 1.165) is 16.7 Å². The Morgan fingerprint density at radius 3 is 2.38 bits per heavy atom. The van der Waals surface area contributed by atoms with Gasteiger partial charge in [0.05, 0.1) is 12.1 Å². The molecule has 2 aromatic heterocycles. The summed E-state index contributed by atoms with van der Waals surface area (Å²) in [6.07, 6.45) is -5.23. The summed E-state index contributed by atoms with van der Waals surface area (Å²) in [5.41, 5.74) is -3.47. The maximum atomic E-state index is 13.8. The molecule has 2 fully saturated rings. The largest absolute Gasteiger partial charge is 0.460 e. The fourth-order valence-corrected chi connectivity index (χ4v) is 4.06. The number of alkyl halides is 3. The van der Waals surface area contributed by atoms with Crippen molar-refractivity contribution in [3.8, 4) is 0 Å². The van der Waals surface area contributed by atoms with Gasteiger partial charge in [0.2, 0.25) is 0 Å². The number of hydrogen-bond donors (Lipinski definition) is 0. The van der Waals surface area contributed by atoms with Gasteiger partial charge in [-0.2, -0.15) is 13.2 Å². The van der Waals surface area contributed by atoms with Crippen LogP contribution in [0.3, 0.4) is 0 Å². The van der Waals surface area contributed by atoms with E-state index in [1.54, 1.807) is 0 Å². The zero-order chi connectivity index (χ0) is 23.2. The van der Waals surface area contributed by atoms with Crippen LogP contribution in [0, 0.1) is 5.92 Å². The van der Waals surface area contributed by atoms with Gasteiger partial charge in [0.25, 0.3) is 5.56 Å². The highest BCUT2D eigenvalue weighted by atomic mass is 19.4. The van der Waals surface area contributed by atoms with E-state index in [2.05, 4.69) is 4.98 Å². The van der Waals surface area contributed by atoms with Crippen LogP contribution in [-0.2, 0) is 31.8 Å². The summed E-state index contributed by atoms with van der Waals surface area (Å²) < 4.78 is 47.5. The Morgan fingerprint density at radius 1 is 1.09 bits per heavy atom. The quantitative estimate of drug-likeness (QED) is 0.399. The number of ether oxygens (including phenoxy) is 1. The second-order valence-corrected chi connectivity index (χ2v) is 7.81. The molecule has 0 amide bonds. The number of esters is 1. The zero-order valence-corrected chi connectivity index (χ0v) is 16.6.